The lowest BCUT2D eigenvalue weighted by Crippen LogP contribution is -2.46. The first-order valence-corrected chi connectivity index (χ1v) is 7.25. The Bertz CT molecular complexity index is 964. The number of hydrogen-bond acceptors (Lipinski definition) is 4. The maximum absolute atomic E-state index is 13.5. The summed E-state index contributed by atoms with van der Waals surface area (Å²) in [6.45, 7) is -0.0639. The van der Waals surface area contributed by atoms with Gasteiger partial charge in [0.25, 0.3) is 12.1 Å². The van der Waals surface area contributed by atoms with Crippen LogP contribution in [0.25, 0.3) is 0 Å². The van der Waals surface area contributed by atoms with Crippen molar-refractivity contribution in [2.45, 2.75) is 6.23 Å². The number of rotatable bonds is 2. The molecule has 0 saturated carbocycles. The van der Waals surface area contributed by atoms with Crippen LogP contribution >= 0.6 is 12.2 Å². The molecule has 0 aliphatic carbocycles. The lowest BCUT2D eigenvalue weighted by Gasteiger charge is -2.33. The Hall–Kier alpha value is -2.86. The van der Waals surface area contributed by atoms with Crippen molar-refractivity contribution in [3.8, 4) is 18.1 Å². The fourth-order valence-electron chi connectivity index (χ4n) is 2.44. The molecule has 0 N–H and O–H groups in total. The fourth-order valence-corrected chi connectivity index (χ4v) is 2.73. The van der Waals surface area contributed by atoms with Gasteiger partial charge in [0.05, 0.1) is 12.2 Å². The molecule has 2 heterocycles. The topological polar surface area (TPSA) is 61.4 Å². The van der Waals surface area contributed by atoms with E-state index < -0.39 is 23.6 Å². The molecule has 0 fully saturated rings. The van der Waals surface area contributed by atoms with E-state index in [0.29, 0.717) is 0 Å². The van der Waals surface area contributed by atoms with Gasteiger partial charge in [-0.05, 0) is 18.3 Å². The zero-order chi connectivity index (χ0) is 17.6. The third-order valence-electron chi connectivity index (χ3n) is 3.76. The van der Waals surface area contributed by atoms with Crippen LogP contribution in [0.1, 0.15) is 6.23 Å². The maximum Gasteiger partial charge on any atom is 0.348 e. The second-order valence-corrected chi connectivity index (χ2v) is 5.48. The van der Waals surface area contributed by atoms with Gasteiger partial charge < -0.3 is 4.74 Å². The van der Waals surface area contributed by atoms with Crippen molar-refractivity contribution in [1.82, 2.24) is 13.9 Å². The summed E-state index contributed by atoms with van der Waals surface area (Å²) in [6, 6.07) is 4.71. The molecule has 1 aliphatic heterocycles. The third-order valence-corrected chi connectivity index (χ3v) is 4.22. The quantitative estimate of drug-likeness (QED) is 0.594. The minimum Gasteiger partial charge on any atom is -0.458 e. The smallest absolute Gasteiger partial charge is 0.348 e. The van der Waals surface area contributed by atoms with Crippen molar-refractivity contribution in [3.63, 3.8) is 0 Å². The predicted molar refractivity (Wildman–Crippen MR) is 85.6 cm³/mol. The third kappa shape index (κ3) is 2.23. The van der Waals surface area contributed by atoms with Crippen LogP contribution in [0.4, 0.5) is 10.1 Å². The summed E-state index contributed by atoms with van der Waals surface area (Å²) in [4.78, 5) is 26.4. The number of anilines is 1. The van der Waals surface area contributed by atoms with Crippen molar-refractivity contribution < 1.29 is 13.9 Å². The molecule has 9 heteroatoms. The van der Waals surface area contributed by atoms with Gasteiger partial charge in [0.2, 0.25) is 4.77 Å². The number of carbonyl (C=O) groups is 1. The summed E-state index contributed by atoms with van der Waals surface area (Å²) in [7, 11) is 3.08. The molecule has 1 atom stereocenters. The first-order chi connectivity index (χ1) is 11.4. The molecule has 1 aromatic carbocycles. The highest BCUT2D eigenvalue weighted by molar-refractivity contribution is 7.71. The average molecular weight is 347 g/mol. The Kier molecular flexibility index (Phi) is 3.77. The molecule has 24 heavy (non-hydrogen) atoms. The molecule has 1 unspecified atom stereocenters. The van der Waals surface area contributed by atoms with E-state index in [1.807, 2.05) is 0 Å². The van der Waals surface area contributed by atoms with Crippen LogP contribution < -0.4 is 15.3 Å². The Balaban J connectivity index is 2.20. The van der Waals surface area contributed by atoms with Crippen LogP contribution in [0.3, 0.4) is 0 Å². The van der Waals surface area contributed by atoms with E-state index in [9.17, 15) is 14.0 Å². The number of ether oxygens (including phenoxy) is 1. The first kappa shape index (κ1) is 16.0. The number of hydrogen-bond donors (Lipinski definition) is 0. The molecule has 2 aromatic rings. The molecule has 0 bridgehead atoms. The molecule has 1 aliphatic rings. The normalized spacial score (nSPS) is 16.5. The summed E-state index contributed by atoms with van der Waals surface area (Å²) < 4.78 is 22.8. The zero-order valence-corrected chi connectivity index (χ0v) is 13.6. The molecular weight excluding hydrogens is 335 g/mol. The van der Waals surface area contributed by atoms with Gasteiger partial charge in [-0.25, -0.2) is 18.4 Å². The Morgan fingerprint density at radius 3 is 2.71 bits per heavy atom. The number of benzene rings is 1. The SMILES string of the molecule is C#CCN1C(=O)C(n2c(=O)n(C)n(C)c2=S)Oc2cc(F)[c]cc21. The van der Waals surface area contributed by atoms with Crippen LogP contribution in [-0.2, 0) is 18.9 Å². The van der Waals surface area contributed by atoms with Crippen molar-refractivity contribution in [2.24, 2.45) is 14.1 Å². The van der Waals surface area contributed by atoms with Crippen LogP contribution in [0.15, 0.2) is 16.9 Å². The standard InChI is InChI=1S/C15H12FN4O3S/c1-4-7-19-10-6-5-9(16)8-11(10)23-13(12(19)21)20-14(22)17(2)18(3)15(20)24/h1,6,8,13H,7H2,2-3H3. The molecule has 1 amide bonds. The first-order valence-electron chi connectivity index (χ1n) is 6.84. The van der Waals surface area contributed by atoms with Gasteiger partial charge in [0.15, 0.2) is 0 Å². The molecule has 123 valence electrons. The number of halogens is 1. The molecule has 7 nitrogen and oxygen atoms in total. The van der Waals surface area contributed by atoms with Gasteiger partial charge >= 0.3 is 5.69 Å². The van der Waals surface area contributed by atoms with Gasteiger partial charge in [-0.2, -0.15) is 0 Å². The van der Waals surface area contributed by atoms with Crippen LogP contribution in [0, 0.1) is 29.0 Å². The monoisotopic (exact) mass is 347 g/mol. The number of carbonyl (C=O) groups excluding carboxylic acids is 1. The number of aromatic nitrogens is 3. The Labute approximate surface area is 141 Å². The van der Waals surface area contributed by atoms with Crippen molar-refractivity contribution in [1.29, 1.82) is 0 Å². The molecule has 0 saturated heterocycles. The summed E-state index contributed by atoms with van der Waals surface area (Å²) in [5.41, 5.74) is -0.247. The van der Waals surface area contributed by atoms with E-state index in [-0.39, 0.29) is 22.8 Å². The molecule has 0 spiro atoms. The highest BCUT2D eigenvalue weighted by Crippen LogP contribution is 2.37. The van der Waals surface area contributed by atoms with Crippen LogP contribution in [0.5, 0.6) is 5.75 Å². The summed E-state index contributed by atoms with van der Waals surface area (Å²) in [5, 5.41) is 0. The van der Waals surface area contributed by atoms with E-state index in [1.165, 1.54) is 27.4 Å². The summed E-state index contributed by atoms with van der Waals surface area (Å²) >= 11 is 5.20. The van der Waals surface area contributed by atoms with Crippen LogP contribution in [0.2, 0.25) is 0 Å². The van der Waals surface area contributed by atoms with Gasteiger partial charge in [0, 0.05) is 26.2 Å². The summed E-state index contributed by atoms with van der Waals surface area (Å²) in [6.07, 6.45) is 3.95. The Morgan fingerprint density at radius 2 is 2.12 bits per heavy atom. The van der Waals surface area contributed by atoms with Gasteiger partial charge in [0.1, 0.15) is 11.6 Å². The Morgan fingerprint density at radius 1 is 1.42 bits per heavy atom. The molecule has 3 rings (SSSR count). The number of terminal acetylenes is 1. The number of fused-ring (bicyclic) bond motifs is 1. The molecule has 1 aromatic heterocycles. The average Bonchev–Trinajstić information content (AvgIpc) is 2.74. The van der Waals surface area contributed by atoms with E-state index in [0.717, 1.165) is 10.6 Å². The largest absolute Gasteiger partial charge is 0.458 e. The van der Waals surface area contributed by atoms with Crippen molar-refractivity contribution >= 4 is 23.8 Å². The lowest BCUT2D eigenvalue weighted by molar-refractivity contribution is -0.130. The zero-order valence-electron chi connectivity index (χ0n) is 12.8. The molecule has 1 radical (unpaired) electrons. The van der Waals surface area contributed by atoms with Crippen LogP contribution in [-0.4, -0.2) is 26.4 Å². The van der Waals surface area contributed by atoms with E-state index in [2.05, 4.69) is 12.0 Å². The second kappa shape index (κ2) is 5.65. The molecular formula is C15H12FN4O3S. The fraction of sp³-hybridized carbons (Fsp3) is 0.267. The van der Waals surface area contributed by atoms with E-state index >= 15 is 0 Å². The highest BCUT2D eigenvalue weighted by Gasteiger charge is 2.37. The number of nitrogens with zero attached hydrogens (tertiary/aromatic N) is 4. The second-order valence-electron chi connectivity index (χ2n) is 5.11. The van der Waals surface area contributed by atoms with Crippen molar-refractivity contribution in [3.05, 3.63) is 39.3 Å². The van der Waals surface area contributed by atoms with Crippen molar-refractivity contribution in [2.75, 3.05) is 11.4 Å². The maximum atomic E-state index is 13.5. The minimum atomic E-state index is -1.36. The van der Waals surface area contributed by atoms with Gasteiger partial charge in [-0.15, -0.1) is 6.42 Å². The summed E-state index contributed by atoms with van der Waals surface area (Å²) in [5.74, 6) is 1.21. The predicted octanol–water partition coefficient (Wildman–Crippen LogP) is 0.751. The highest BCUT2D eigenvalue weighted by atomic mass is 32.1. The lowest BCUT2D eigenvalue weighted by atomic mass is 10.2. The van der Waals surface area contributed by atoms with Gasteiger partial charge in [-0.3, -0.25) is 14.4 Å². The van der Waals surface area contributed by atoms with E-state index in [4.69, 9.17) is 23.4 Å². The minimum absolute atomic E-state index is 0.0639. The number of amides is 1. The van der Waals surface area contributed by atoms with Gasteiger partial charge in [-0.1, -0.05) is 5.92 Å². The van der Waals surface area contributed by atoms with E-state index in [1.54, 1.807) is 7.05 Å².